The Bertz CT molecular complexity index is 903. The summed E-state index contributed by atoms with van der Waals surface area (Å²) in [6.45, 7) is 1.65. The fourth-order valence-electron chi connectivity index (χ4n) is 1.96. The van der Waals surface area contributed by atoms with Gasteiger partial charge in [-0.2, -0.15) is 5.26 Å². The van der Waals surface area contributed by atoms with E-state index in [0.29, 0.717) is 21.0 Å². The van der Waals surface area contributed by atoms with Gasteiger partial charge in [0.1, 0.15) is 15.9 Å². The van der Waals surface area contributed by atoms with Crippen LogP contribution >= 0.6 is 39.5 Å². The molecule has 0 saturated carbocycles. The van der Waals surface area contributed by atoms with Gasteiger partial charge in [0.2, 0.25) is 0 Å². The molecule has 128 valence electrons. The lowest BCUT2D eigenvalue weighted by atomic mass is 10.2. The molecule has 0 aliphatic heterocycles. The maximum atomic E-state index is 12.2. The molecule has 0 radical (unpaired) electrons. The van der Waals surface area contributed by atoms with Crippen molar-refractivity contribution < 1.29 is 14.3 Å². The molecular weight excluding hydrogens is 426 g/mol. The summed E-state index contributed by atoms with van der Waals surface area (Å²) in [5.74, 6) is -0.921. The minimum Gasteiger partial charge on any atom is -0.465 e. The maximum Gasteiger partial charge on any atom is 0.348 e. The number of nitrogens with one attached hydrogen (secondary N) is 2. The molecule has 2 rings (SSSR count). The van der Waals surface area contributed by atoms with E-state index in [0.717, 1.165) is 15.8 Å². The first kappa shape index (κ1) is 19.1. The van der Waals surface area contributed by atoms with Crippen molar-refractivity contribution in [2.45, 2.75) is 6.92 Å². The van der Waals surface area contributed by atoms with Gasteiger partial charge in [0.25, 0.3) is 5.91 Å². The minimum atomic E-state index is -0.531. The lowest BCUT2D eigenvalue weighted by Gasteiger charge is -2.08. The Morgan fingerprint density at radius 3 is 2.72 bits per heavy atom. The van der Waals surface area contributed by atoms with Gasteiger partial charge in [0.15, 0.2) is 5.11 Å². The van der Waals surface area contributed by atoms with Gasteiger partial charge in [-0.05, 0) is 42.9 Å². The molecule has 2 N–H and O–H groups in total. The van der Waals surface area contributed by atoms with Gasteiger partial charge < -0.3 is 10.1 Å². The molecule has 9 heteroatoms. The molecule has 25 heavy (non-hydrogen) atoms. The van der Waals surface area contributed by atoms with Crippen molar-refractivity contribution in [2.75, 3.05) is 12.4 Å². The summed E-state index contributed by atoms with van der Waals surface area (Å²) in [6.07, 6.45) is 0. The van der Waals surface area contributed by atoms with E-state index in [1.165, 1.54) is 7.11 Å². The maximum absolute atomic E-state index is 12.2. The zero-order valence-electron chi connectivity index (χ0n) is 13.2. The number of hydrogen-bond donors (Lipinski definition) is 2. The first-order valence-corrected chi connectivity index (χ1v) is 8.88. The highest BCUT2D eigenvalue weighted by atomic mass is 79.9. The molecule has 1 aromatic carbocycles. The van der Waals surface area contributed by atoms with Crippen molar-refractivity contribution in [2.24, 2.45) is 0 Å². The van der Waals surface area contributed by atoms with Gasteiger partial charge in [-0.1, -0.05) is 22.0 Å². The summed E-state index contributed by atoms with van der Waals surface area (Å²) < 4.78 is 5.46. The van der Waals surface area contributed by atoms with E-state index >= 15 is 0 Å². The van der Waals surface area contributed by atoms with E-state index in [1.54, 1.807) is 31.2 Å². The Kier molecular flexibility index (Phi) is 6.25. The third kappa shape index (κ3) is 4.42. The quantitative estimate of drug-likeness (QED) is 0.562. The molecular formula is C16H12BrN3O3S2. The standard InChI is InChI=1S/C16H12BrN3O3S2/c1-8-11(7-18)14(25-12(8)15(22)23-2)20-16(24)19-13(21)9-4-3-5-10(17)6-9/h3-6H,1-2H3,(H2,19,20,21,24). The summed E-state index contributed by atoms with van der Waals surface area (Å²) >= 11 is 9.46. The smallest absolute Gasteiger partial charge is 0.348 e. The number of methoxy groups -OCH3 is 1. The number of nitrogens with zero attached hydrogens (tertiary/aromatic N) is 1. The number of nitriles is 1. The number of anilines is 1. The Morgan fingerprint density at radius 1 is 1.40 bits per heavy atom. The van der Waals surface area contributed by atoms with Crippen molar-refractivity contribution in [3.8, 4) is 6.07 Å². The molecule has 6 nitrogen and oxygen atoms in total. The Labute approximate surface area is 161 Å². The van der Waals surface area contributed by atoms with E-state index in [4.69, 9.17) is 17.0 Å². The molecule has 0 unspecified atom stereocenters. The molecule has 1 amide bonds. The summed E-state index contributed by atoms with van der Waals surface area (Å²) in [5, 5.41) is 15.0. The normalized spacial score (nSPS) is 9.84. The summed E-state index contributed by atoms with van der Waals surface area (Å²) in [4.78, 5) is 24.2. The zero-order chi connectivity index (χ0) is 18.6. The molecule has 1 heterocycles. The van der Waals surface area contributed by atoms with Crippen LogP contribution in [0.15, 0.2) is 28.7 Å². The van der Waals surface area contributed by atoms with Crippen LogP contribution in [-0.2, 0) is 4.74 Å². The third-order valence-corrected chi connectivity index (χ3v) is 5.05. The molecule has 0 aliphatic carbocycles. The van der Waals surface area contributed by atoms with E-state index in [1.807, 2.05) is 6.07 Å². The van der Waals surface area contributed by atoms with Crippen LogP contribution in [0.25, 0.3) is 0 Å². The highest BCUT2D eigenvalue weighted by Gasteiger charge is 2.21. The van der Waals surface area contributed by atoms with Gasteiger partial charge in [0, 0.05) is 10.0 Å². The number of hydrogen-bond acceptors (Lipinski definition) is 6. The fraction of sp³-hybridized carbons (Fsp3) is 0.125. The van der Waals surface area contributed by atoms with Crippen LogP contribution in [0.4, 0.5) is 5.00 Å². The molecule has 2 aromatic rings. The molecule has 1 aromatic heterocycles. The van der Waals surface area contributed by atoms with Crippen LogP contribution in [0.1, 0.15) is 31.2 Å². The monoisotopic (exact) mass is 437 g/mol. The van der Waals surface area contributed by atoms with Crippen molar-refractivity contribution >= 4 is 61.5 Å². The second kappa shape index (κ2) is 8.20. The first-order chi connectivity index (χ1) is 11.9. The number of carbonyl (C=O) groups is 2. The predicted octanol–water partition coefficient (Wildman–Crippen LogP) is 3.60. The van der Waals surface area contributed by atoms with E-state index < -0.39 is 11.9 Å². The molecule has 0 saturated heterocycles. The van der Waals surface area contributed by atoms with Crippen LogP contribution in [0.2, 0.25) is 0 Å². The number of halogens is 1. The summed E-state index contributed by atoms with van der Waals surface area (Å²) in [7, 11) is 1.27. The van der Waals surface area contributed by atoms with Gasteiger partial charge >= 0.3 is 5.97 Å². The SMILES string of the molecule is COC(=O)c1sc(NC(=S)NC(=O)c2cccc(Br)c2)c(C#N)c1C. The summed E-state index contributed by atoms with van der Waals surface area (Å²) in [6, 6.07) is 8.86. The Morgan fingerprint density at radius 2 is 2.12 bits per heavy atom. The highest BCUT2D eigenvalue weighted by Crippen LogP contribution is 2.32. The lowest BCUT2D eigenvalue weighted by Crippen LogP contribution is -2.34. The van der Waals surface area contributed by atoms with Gasteiger partial charge in [-0.25, -0.2) is 4.79 Å². The van der Waals surface area contributed by atoms with Crippen molar-refractivity contribution in [1.29, 1.82) is 5.26 Å². The number of benzene rings is 1. The number of thiocarbonyl (C=S) groups is 1. The van der Waals surface area contributed by atoms with Crippen LogP contribution in [0.5, 0.6) is 0 Å². The van der Waals surface area contributed by atoms with Gasteiger partial charge in [0.05, 0.1) is 12.7 Å². The third-order valence-electron chi connectivity index (χ3n) is 3.17. The van der Waals surface area contributed by atoms with Crippen molar-refractivity contribution in [1.82, 2.24) is 5.32 Å². The van der Waals surface area contributed by atoms with E-state index in [2.05, 4.69) is 26.6 Å². The zero-order valence-corrected chi connectivity index (χ0v) is 16.4. The topological polar surface area (TPSA) is 91.2 Å². The van der Waals surface area contributed by atoms with E-state index in [-0.39, 0.29) is 10.7 Å². The van der Waals surface area contributed by atoms with Gasteiger partial charge in [-0.3, -0.25) is 10.1 Å². The highest BCUT2D eigenvalue weighted by molar-refractivity contribution is 9.10. The Hall–Kier alpha value is -2.28. The van der Waals surface area contributed by atoms with Crippen molar-refractivity contribution in [3.63, 3.8) is 0 Å². The average molecular weight is 438 g/mol. The molecule has 0 bridgehead atoms. The lowest BCUT2D eigenvalue weighted by molar-refractivity contribution is 0.0605. The fourth-order valence-corrected chi connectivity index (χ4v) is 3.70. The van der Waals surface area contributed by atoms with Crippen LogP contribution < -0.4 is 10.6 Å². The first-order valence-electron chi connectivity index (χ1n) is 6.87. The van der Waals surface area contributed by atoms with Crippen molar-refractivity contribution in [3.05, 3.63) is 50.3 Å². The average Bonchev–Trinajstić information content (AvgIpc) is 2.89. The second-order valence-corrected chi connectivity index (χ2v) is 7.13. The molecule has 0 fully saturated rings. The summed E-state index contributed by atoms with van der Waals surface area (Å²) in [5.41, 5.74) is 1.21. The largest absolute Gasteiger partial charge is 0.465 e. The second-order valence-electron chi connectivity index (χ2n) is 4.78. The number of carbonyl (C=O) groups excluding carboxylic acids is 2. The van der Waals surface area contributed by atoms with Crippen LogP contribution in [-0.4, -0.2) is 24.1 Å². The number of amides is 1. The van der Waals surface area contributed by atoms with Gasteiger partial charge in [-0.15, -0.1) is 11.3 Å². The molecule has 0 aliphatic rings. The predicted molar refractivity (Wildman–Crippen MR) is 103 cm³/mol. The number of thiophene rings is 1. The van der Waals surface area contributed by atoms with E-state index in [9.17, 15) is 14.9 Å². The Balaban J connectivity index is 2.17. The number of rotatable bonds is 3. The molecule has 0 spiro atoms. The number of ether oxygens (including phenoxy) is 1. The minimum absolute atomic E-state index is 0.0270. The van der Waals surface area contributed by atoms with Crippen LogP contribution in [0.3, 0.4) is 0 Å². The number of esters is 1. The van der Waals surface area contributed by atoms with Crippen LogP contribution in [0, 0.1) is 18.3 Å². The molecule has 0 atom stereocenters.